The van der Waals surface area contributed by atoms with Gasteiger partial charge in [-0.25, -0.2) is 5.43 Å². The summed E-state index contributed by atoms with van der Waals surface area (Å²) in [5.41, 5.74) is 3.89. The van der Waals surface area contributed by atoms with Crippen molar-refractivity contribution in [1.82, 2.24) is 10.7 Å². The Hall–Kier alpha value is -3.46. The highest BCUT2D eigenvalue weighted by Crippen LogP contribution is 2.30. The molecule has 1 heterocycles. The largest absolute Gasteiger partial charge is 0.366 e. The summed E-state index contributed by atoms with van der Waals surface area (Å²) in [6.45, 7) is 5.20. The predicted octanol–water partition coefficient (Wildman–Crippen LogP) is 4.14. The van der Waals surface area contributed by atoms with Gasteiger partial charge >= 0.3 is 0 Å². The molecule has 180 valence electrons. The van der Waals surface area contributed by atoms with Crippen molar-refractivity contribution >= 4 is 41.0 Å². The number of hydrogen-bond acceptors (Lipinski definition) is 6. The smallest absolute Gasteiger partial charge is 0.293 e. The van der Waals surface area contributed by atoms with Crippen molar-refractivity contribution < 1.29 is 14.5 Å². The zero-order chi connectivity index (χ0) is 24.7. The number of benzene rings is 2. The van der Waals surface area contributed by atoms with Gasteiger partial charge in [-0.1, -0.05) is 31.5 Å². The highest BCUT2D eigenvalue weighted by Gasteiger charge is 2.25. The van der Waals surface area contributed by atoms with E-state index in [1.807, 2.05) is 4.90 Å². The average molecular weight is 486 g/mol. The van der Waals surface area contributed by atoms with E-state index in [2.05, 4.69) is 15.8 Å². The van der Waals surface area contributed by atoms with E-state index in [9.17, 15) is 19.7 Å². The van der Waals surface area contributed by atoms with Crippen molar-refractivity contribution in [2.45, 2.75) is 39.2 Å². The highest BCUT2D eigenvalue weighted by molar-refractivity contribution is 6.30. The van der Waals surface area contributed by atoms with Gasteiger partial charge in [0.25, 0.3) is 17.5 Å². The summed E-state index contributed by atoms with van der Waals surface area (Å²) in [6, 6.07) is 10.4. The first-order chi connectivity index (χ1) is 16.3. The minimum Gasteiger partial charge on any atom is -0.366 e. The van der Waals surface area contributed by atoms with Gasteiger partial charge in [0.2, 0.25) is 0 Å². The molecule has 1 fully saturated rings. The second-order valence-electron chi connectivity index (χ2n) is 8.49. The van der Waals surface area contributed by atoms with Crippen LogP contribution in [0.25, 0.3) is 0 Å². The van der Waals surface area contributed by atoms with Crippen LogP contribution in [0.15, 0.2) is 47.6 Å². The van der Waals surface area contributed by atoms with Gasteiger partial charge in [0.1, 0.15) is 11.7 Å². The summed E-state index contributed by atoms with van der Waals surface area (Å²) in [4.78, 5) is 38.4. The molecule has 3 rings (SSSR count). The molecular weight excluding hydrogens is 458 g/mol. The van der Waals surface area contributed by atoms with Crippen LogP contribution in [0.5, 0.6) is 0 Å². The summed E-state index contributed by atoms with van der Waals surface area (Å²) < 4.78 is 0. The lowest BCUT2D eigenvalue weighted by molar-refractivity contribution is -0.384. The number of nitro benzene ring substituents is 1. The second kappa shape index (κ2) is 11.6. The lowest BCUT2D eigenvalue weighted by atomic mass is 10.0. The number of halogens is 1. The van der Waals surface area contributed by atoms with Crippen molar-refractivity contribution in [3.05, 3.63) is 68.7 Å². The lowest BCUT2D eigenvalue weighted by Gasteiger charge is -2.28. The lowest BCUT2D eigenvalue weighted by Crippen LogP contribution is -2.48. The monoisotopic (exact) mass is 485 g/mol. The Kier molecular flexibility index (Phi) is 8.59. The molecule has 34 heavy (non-hydrogen) atoms. The molecule has 0 aromatic heterocycles. The van der Waals surface area contributed by atoms with Gasteiger partial charge in [-0.05, 0) is 55.5 Å². The Bertz CT molecular complexity index is 1070. The topological polar surface area (TPSA) is 117 Å². The Morgan fingerprint density at radius 2 is 1.79 bits per heavy atom. The molecule has 0 bridgehead atoms. The van der Waals surface area contributed by atoms with Crippen molar-refractivity contribution in [3.63, 3.8) is 0 Å². The van der Waals surface area contributed by atoms with Gasteiger partial charge < -0.3 is 10.2 Å². The van der Waals surface area contributed by atoms with Gasteiger partial charge in [0, 0.05) is 35.3 Å². The van der Waals surface area contributed by atoms with Gasteiger partial charge in [0.05, 0.1) is 11.1 Å². The molecule has 0 radical (unpaired) electrons. The van der Waals surface area contributed by atoms with Gasteiger partial charge in [0.15, 0.2) is 0 Å². The molecule has 1 unspecified atom stereocenters. The van der Waals surface area contributed by atoms with Crippen LogP contribution in [0.4, 0.5) is 11.4 Å². The van der Waals surface area contributed by atoms with Crippen molar-refractivity contribution in [1.29, 1.82) is 0 Å². The molecule has 0 aliphatic carbocycles. The first kappa shape index (κ1) is 25.2. The summed E-state index contributed by atoms with van der Waals surface area (Å²) in [7, 11) is 0. The summed E-state index contributed by atoms with van der Waals surface area (Å²) in [5, 5.41) is 18.8. The summed E-state index contributed by atoms with van der Waals surface area (Å²) in [6.07, 6.45) is 4.51. The first-order valence-electron chi connectivity index (χ1n) is 11.2. The maximum absolute atomic E-state index is 12.7. The zero-order valence-corrected chi connectivity index (χ0v) is 19.9. The third-order valence-electron chi connectivity index (χ3n) is 5.62. The fourth-order valence-corrected chi connectivity index (χ4v) is 3.90. The number of piperidine rings is 1. The maximum atomic E-state index is 12.7. The Balaban J connectivity index is 1.66. The second-order valence-corrected chi connectivity index (χ2v) is 8.93. The van der Waals surface area contributed by atoms with E-state index in [-0.39, 0.29) is 11.6 Å². The quantitative estimate of drug-likeness (QED) is 0.331. The Labute approximate surface area is 203 Å². The molecule has 0 spiro atoms. The van der Waals surface area contributed by atoms with E-state index in [1.54, 1.807) is 50.2 Å². The molecule has 9 nitrogen and oxygen atoms in total. The number of nitrogens with one attached hydrogen (secondary N) is 2. The molecule has 1 saturated heterocycles. The number of nitro groups is 1. The number of hydrazone groups is 1. The zero-order valence-electron chi connectivity index (χ0n) is 19.2. The van der Waals surface area contributed by atoms with E-state index < -0.39 is 22.8 Å². The standard InChI is InChI=1S/C24H28ClN5O4/c1-16(2)22(27-23(31)18-7-9-19(25)10-8-18)24(32)28-26-15-17-6-11-20(21(14-17)30(33)34)29-12-4-3-5-13-29/h6-11,14-16,22H,3-5,12-13H2,1-2H3,(H,27,31)(H,28,32)/b26-15-. The molecule has 1 aliphatic heterocycles. The molecule has 2 aromatic carbocycles. The fraction of sp³-hybridized carbons (Fsp3) is 0.375. The number of anilines is 1. The van der Waals surface area contributed by atoms with E-state index in [4.69, 9.17) is 11.6 Å². The van der Waals surface area contributed by atoms with Gasteiger partial charge in [-0.15, -0.1) is 0 Å². The van der Waals surface area contributed by atoms with Gasteiger partial charge in [-0.2, -0.15) is 5.10 Å². The molecule has 1 atom stereocenters. The summed E-state index contributed by atoms with van der Waals surface area (Å²) >= 11 is 5.85. The average Bonchev–Trinajstić information content (AvgIpc) is 2.83. The Morgan fingerprint density at radius 3 is 2.41 bits per heavy atom. The molecule has 2 amide bonds. The highest BCUT2D eigenvalue weighted by atomic mass is 35.5. The van der Waals surface area contributed by atoms with E-state index in [0.717, 1.165) is 32.4 Å². The molecular formula is C24H28ClN5O4. The number of hydrogen-bond donors (Lipinski definition) is 2. The SMILES string of the molecule is CC(C)C(NC(=O)c1ccc(Cl)cc1)C(=O)N/N=C\c1ccc(N2CCCCC2)c([N+](=O)[O-])c1. The van der Waals surface area contributed by atoms with Crippen LogP contribution in [0.2, 0.25) is 5.02 Å². The first-order valence-corrected chi connectivity index (χ1v) is 11.6. The fourth-order valence-electron chi connectivity index (χ4n) is 3.77. The van der Waals surface area contributed by atoms with Crippen molar-refractivity contribution in [3.8, 4) is 0 Å². The molecule has 0 saturated carbocycles. The normalized spacial score (nSPS) is 14.8. The third kappa shape index (κ3) is 6.54. The number of carbonyl (C=O) groups is 2. The van der Waals surface area contributed by atoms with Crippen LogP contribution in [0, 0.1) is 16.0 Å². The molecule has 1 aliphatic rings. The van der Waals surface area contributed by atoms with E-state index >= 15 is 0 Å². The number of carbonyl (C=O) groups excluding carboxylic acids is 2. The van der Waals surface area contributed by atoms with Crippen LogP contribution < -0.4 is 15.6 Å². The van der Waals surface area contributed by atoms with Crippen LogP contribution in [-0.2, 0) is 4.79 Å². The summed E-state index contributed by atoms with van der Waals surface area (Å²) in [5.74, 6) is -1.09. The van der Waals surface area contributed by atoms with E-state index in [0.29, 0.717) is 21.8 Å². The van der Waals surface area contributed by atoms with Gasteiger partial charge in [-0.3, -0.25) is 19.7 Å². The van der Waals surface area contributed by atoms with Crippen molar-refractivity contribution in [2.75, 3.05) is 18.0 Å². The van der Waals surface area contributed by atoms with Crippen LogP contribution in [0.1, 0.15) is 49.0 Å². The number of nitrogens with zero attached hydrogens (tertiary/aromatic N) is 3. The minimum absolute atomic E-state index is 0.00691. The maximum Gasteiger partial charge on any atom is 0.293 e. The minimum atomic E-state index is -0.823. The number of amides is 2. The number of rotatable bonds is 8. The molecule has 2 aromatic rings. The third-order valence-corrected chi connectivity index (χ3v) is 5.88. The van der Waals surface area contributed by atoms with Crippen LogP contribution in [0.3, 0.4) is 0 Å². The van der Waals surface area contributed by atoms with E-state index in [1.165, 1.54) is 12.3 Å². The Morgan fingerprint density at radius 1 is 1.12 bits per heavy atom. The van der Waals surface area contributed by atoms with Crippen LogP contribution >= 0.6 is 11.6 Å². The molecule has 2 N–H and O–H groups in total. The van der Waals surface area contributed by atoms with Crippen LogP contribution in [-0.4, -0.2) is 42.1 Å². The molecule has 10 heteroatoms. The van der Waals surface area contributed by atoms with Crippen molar-refractivity contribution in [2.24, 2.45) is 11.0 Å². The predicted molar refractivity (Wildman–Crippen MR) is 132 cm³/mol.